The van der Waals surface area contributed by atoms with Crippen molar-refractivity contribution in [1.82, 2.24) is 9.88 Å². The van der Waals surface area contributed by atoms with Crippen molar-refractivity contribution < 1.29 is 14.6 Å². The molecule has 0 saturated carbocycles. The third kappa shape index (κ3) is 3.30. The highest BCUT2D eigenvalue weighted by molar-refractivity contribution is 5.94. The number of hydrogen-bond donors (Lipinski definition) is 2. The zero-order valence-corrected chi connectivity index (χ0v) is 11.8. The van der Waals surface area contributed by atoms with Crippen LogP contribution in [-0.4, -0.2) is 47.2 Å². The third-order valence-corrected chi connectivity index (χ3v) is 3.39. The summed E-state index contributed by atoms with van der Waals surface area (Å²) in [5.41, 5.74) is 0.999. The molecule has 2 N–H and O–H groups in total. The standard InChI is InChI=1S/C15H20N2O3/c1-3-17(4-2)7-8-20-12-5-6-13-11(9-12)10-14(16-13)15(18)19/h5-6,9-10,16H,3-4,7-8H2,1-2H3,(H,18,19). The van der Waals surface area contributed by atoms with Gasteiger partial charge in [0, 0.05) is 17.4 Å². The number of benzene rings is 1. The van der Waals surface area contributed by atoms with Gasteiger partial charge >= 0.3 is 5.97 Å². The Morgan fingerprint density at radius 3 is 2.70 bits per heavy atom. The van der Waals surface area contributed by atoms with Crippen LogP contribution in [0.2, 0.25) is 0 Å². The second kappa shape index (κ2) is 6.43. The largest absolute Gasteiger partial charge is 0.492 e. The number of aromatic amines is 1. The quantitative estimate of drug-likeness (QED) is 0.815. The molecule has 0 fully saturated rings. The summed E-state index contributed by atoms with van der Waals surface area (Å²) >= 11 is 0. The van der Waals surface area contributed by atoms with Gasteiger partial charge in [-0.2, -0.15) is 0 Å². The Balaban J connectivity index is 2.02. The van der Waals surface area contributed by atoms with Gasteiger partial charge in [-0.15, -0.1) is 0 Å². The Morgan fingerprint density at radius 2 is 2.05 bits per heavy atom. The van der Waals surface area contributed by atoms with E-state index in [2.05, 4.69) is 23.7 Å². The van der Waals surface area contributed by atoms with Crippen LogP contribution in [0.15, 0.2) is 24.3 Å². The van der Waals surface area contributed by atoms with E-state index in [1.165, 1.54) is 0 Å². The van der Waals surface area contributed by atoms with E-state index in [4.69, 9.17) is 9.84 Å². The summed E-state index contributed by atoms with van der Waals surface area (Å²) in [4.78, 5) is 16.0. The maximum Gasteiger partial charge on any atom is 0.352 e. The minimum atomic E-state index is -0.954. The normalized spacial score (nSPS) is 11.2. The lowest BCUT2D eigenvalue weighted by molar-refractivity contribution is 0.0691. The number of fused-ring (bicyclic) bond motifs is 1. The molecule has 0 spiro atoms. The van der Waals surface area contributed by atoms with Crippen molar-refractivity contribution in [2.24, 2.45) is 0 Å². The zero-order chi connectivity index (χ0) is 14.5. The molecular formula is C15H20N2O3. The van der Waals surface area contributed by atoms with Crippen LogP contribution in [0, 0.1) is 0 Å². The first-order valence-corrected chi connectivity index (χ1v) is 6.85. The number of likely N-dealkylation sites (N-methyl/N-ethyl adjacent to an activating group) is 1. The van der Waals surface area contributed by atoms with Gasteiger partial charge in [0.05, 0.1) is 0 Å². The summed E-state index contributed by atoms with van der Waals surface area (Å²) in [7, 11) is 0. The van der Waals surface area contributed by atoms with E-state index in [1.807, 2.05) is 18.2 Å². The second-order valence-electron chi connectivity index (χ2n) is 4.61. The zero-order valence-electron chi connectivity index (χ0n) is 11.8. The molecule has 0 bridgehead atoms. The summed E-state index contributed by atoms with van der Waals surface area (Å²) < 4.78 is 5.72. The van der Waals surface area contributed by atoms with Crippen molar-refractivity contribution in [2.45, 2.75) is 13.8 Å². The van der Waals surface area contributed by atoms with Crippen molar-refractivity contribution in [1.29, 1.82) is 0 Å². The van der Waals surface area contributed by atoms with Gasteiger partial charge in [-0.1, -0.05) is 13.8 Å². The molecule has 108 valence electrons. The highest BCUT2D eigenvalue weighted by Crippen LogP contribution is 2.21. The predicted molar refractivity (Wildman–Crippen MR) is 78.5 cm³/mol. The Hall–Kier alpha value is -2.01. The second-order valence-corrected chi connectivity index (χ2v) is 4.61. The van der Waals surface area contributed by atoms with Crippen molar-refractivity contribution in [2.75, 3.05) is 26.2 Å². The van der Waals surface area contributed by atoms with Crippen molar-refractivity contribution in [3.8, 4) is 5.75 Å². The van der Waals surface area contributed by atoms with E-state index in [-0.39, 0.29) is 5.69 Å². The van der Waals surface area contributed by atoms with Crippen LogP contribution in [0.4, 0.5) is 0 Å². The Kier molecular flexibility index (Phi) is 4.63. The number of ether oxygens (including phenoxy) is 1. The Labute approximate surface area is 118 Å². The van der Waals surface area contributed by atoms with E-state index in [0.717, 1.165) is 36.3 Å². The van der Waals surface area contributed by atoms with Crippen molar-refractivity contribution in [3.63, 3.8) is 0 Å². The molecule has 5 heteroatoms. The average Bonchev–Trinajstić information content (AvgIpc) is 2.87. The van der Waals surface area contributed by atoms with Crippen molar-refractivity contribution >= 4 is 16.9 Å². The highest BCUT2D eigenvalue weighted by atomic mass is 16.5. The van der Waals surface area contributed by atoms with Gasteiger partial charge in [-0.05, 0) is 37.4 Å². The first-order valence-electron chi connectivity index (χ1n) is 6.85. The molecule has 0 aliphatic rings. The average molecular weight is 276 g/mol. The minimum absolute atomic E-state index is 0.195. The number of carboxylic acids is 1. The number of rotatable bonds is 7. The fourth-order valence-electron chi connectivity index (χ4n) is 2.15. The van der Waals surface area contributed by atoms with Crippen LogP contribution >= 0.6 is 0 Å². The SMILES string of the molecule is CCN(CC)CCOc1ccc2[nH]c(C(=O)O)cc2c1. The molecule has 0 unspecified atom stereocenters. The smallest absolute Gasteiger partial charge is 0.352 e. The Morgan fingerprint density at radius 1 is 1.30 bits per heavy atom. The summed E-state index contributed by atoms with van der Waals surface area (Å²) in [6.45, 7) is 7.80. The van der Waals surface area contributed by atoms with E-state index in [9.17, 15) is 4.79 Å². The fourth-order valence-corrected chi connectivity index (χ4v) is 2.15. The topological polar surface area (TPSA) is 65.6 Å². The lowest BCUT2D eigenvalue weighted by Gasteiger charge is -2.17. The minimum Gasteiger partial charge on any atom is -0.492 e. The molecule has 0 aliphatic carbocycles. The van der Waals surface area contributed by atoms with Crippen molar-refractivity contribution in [3.05, 3.63) is 30.0 Å². The number of hydrogen-bond acceptors (Lipinski definition) is 3. The number of carboxylic acid groups (broad SMARTS) is 1. The van der Waals surface area contributed by atoms with Gasteiger partial charge in [0.2, 0.25) is 0 Å². The number of nitrogens with one attached hydrogen (secondary N) is 1. The van der Waals surface area contributed by atoms with Gasteiger partial charge < -0.3 is 19.7 Å². The predicted octanol–water partition coefficient (Wildman–Crippen LogP) is 2.59. The molecular weight excluding hydrogens is 256 g/mol. The number of nitrogens with zero attached hydrogens (tertiary/aromatic N) is 1. The van der Waals surface area contributed by atoms with Crippen LogP contribution in [0.5, 0.6) is 5.75 Å². The highest BCUT2D eigenvalue weighted by Gasteiger charge is 2.08. The van der Waals surface area contributed by atoms with E-state index in [0.29, 0.717) is 6.61 Å². The lowest BCUT2D eigenvalue weighted by atomic mass is 10.2. The maximum atomic E-state index is 10.9. The summed E-state index contributed by atoms with van der Waals surface area (Å²) in [6.07, 6.45) is 0. The number of H-pyrrole nitrogens is 1. The maximum absolute atomic E-state index is 10.9. The third-order valence-electron chi connectivity index (χ3n) is 3.39. The molecule has 0 radical (unpaired) electrons. The first-order chi connectivity index (χ1) is 9.63. The van der Waals surface area contributed by atoms with Crippen LogP contribution in [-0.2, 0) is 0 Å². The molecule has 2 rings (SSSR count). The summed E-state index contributed by atoms with van der Waals surface area (Å²) in [5.74, 6) is -0.189. The van der Waals surface area contributed by atoms with Gasteiger partial charge in [0.25, 0.3) is 0 Å². The Bertz CT molecular complexity index is 588. The molecule has 0 amide bonds. The van der Waals surface area contributed by atoms with E-state index in [1.54, 1.807) is 6.07 Å². The van der Waals surface area contributed by atoms with Crippen LogP contribution < -0.4 is 4.74 Å². The molecule has 1 heterocycles. The molecule has 0 aliphatic heterocycles. The monoisotopic (exact) mass is 276 g/mol. The first kappa shape index (κ1) is 14.4. The number of carbonyl (C=O) groups is 1. The van der Waals surface area contributed by atoms with Gasteiger partial charge in [-0.3, -0.25) is 0 Å². The number of aromatic nitrogens is 1. The summed E-state index contributed by atoms with van der Waals surface area (Å²) in [5, 5.41) is 9.79. The fraction of sp³-hybridized carbons (Fsp3) is 0.400. The molecule has 20 heavy (non-hydrogen) atoms. The molecule has 2 aromatic rings. The molecule has 1 aromatic carbocycles. The van der Waals surface area contributed by atoms with Crippen LogP contribution in [0.25, 0.3) is 10.9 Å². The number of aromatic carboxylic acids is 1. The van der Waals surface area contributed by atoms with Gasteiger partial charge in [0.15, 0.2) is 0 Å². The molecule has 0 saturated heterocycles. The lowest BCUT2D eigenvalue weighted by Crippen LogP contribution is -2.27. The van der Waals surface area contributed by atoms with Crippen LogP contribution in [0.3, 0.4) is 0 Å². The molecule has 1 aromatic heterocycles. The van der Waals surface area contributed by atoms with Gasteiger partial charge in [-0.25, -0.2) is 4.79 Å². The van der Waals surface area contributed by atoms with Gasteiger partial charge in [0.1, 0.15) is 18.1 Å². The van der Waals surface area contributed by atoms with Crippen LogP contribution in [0.1, 0.15) is 24.3 Å². The molecule has 5 nitrogen and oxygen atoms in total. The molecule has 0 atom stereocenters. The summed E-state index contributed by atoms with van der Waals surface area (Å²) in [6, 6.07) is 7.18. The van der Waals surface area contributed by atoms with E-state index < -0.39 is 5.97 Å². The van der Waals surface area contributed by atoms with E-state index >= 15 is 0 Å².